The lowest BCUT2D eigenvalue weighted by Gasteiger charge is -2.16. The Kier molecular flexibility index (Phi) is 7.43. The molecule has 0 aliphatic heterocycles. The molecule has 1 aliphatic carbocycles. The number of nitrogens with one attached hydrogen (secondary N) is 3. The van der Waals surface area contributed by atoms with Gasteiger partial charge in [-0.3, -0.25) is 14.4 Å². The lowest BCUT2D eigenvalue weighted by Crippen LogP contribution is -2.25. The van der Waals surface area contributed by atoms with E-state index in [-0.39, 0.29) is 17.4 Å². The van der Waals surface area contributed by atoms with Crippen molar-refractivity contribution >= 4 is 56.5 Å². The van der Waals surface area contributed by atoms with E-state index in [9.17, 15) is 14.4 Å². The van der Waals surface area contributed by atoms with E-state index in [0.717, 1.165) is 24.0 Å². The molecule has 0 saturated carbocycles. The number of rotatable bonds is 7. The number of aryl methyl sites for hydroxylation is 2. The van der Waals surface area contributed by atoms with E-state index in [4.69, 9.17) is 4.98 Å². The molecule has 1 unspecified atom stereocenters. The second kappa shape index (κ2) is 10.9. The Hall–Kier alpha value is -3.43. The lowest BCUT2D eigenvalue weighted by atomic mass is 9.89. The predicted molar refractivity (Wildman–Crippen MR) is 152 cm³/mol. The summed E-state index contributed by atoms with van der Waals surface area (Å²) in [6, 6.07) is 13.5. The van der Waals surface area contributed by atoms with Crippen LogP contribution in [0, 0.1) is 0 Å². The van der Waals surface area contributed by atoms with Crippen LogP contribution < -0.4 is 16.2 Å². The van der Waals surface area contributed by atoms with Gasteiger partial charge in [0.2, 0.25) is 11.8 Å². The molecule has 1 atom stereocenters. The maximum atomic E-state index is 13.1. The Morgan fingerprint density at radius 1 is 1.05 bits per heavy atom. The Balaban J connectivity index is 1.33. The second-order valence-corrected chi connectivity index (χ2v) is 11.2. The Bertz CT molecular complexity index is 1520. The second-order valence-electron chi connectivity index (χ2n) is 9.15. The number of nitrogens with zero attached hydrogens (tertiary/aromatic N) is 1. The maximum absolute atomic E-state index is 13.1. The van der Waals surface area contributed by atoms with Crippen LogP contribution in [0.1, 0.15) is 44.2 Å². The Morgan fingerprint density at radius 3 is 2.46 bits per heavy atom. The lowest BCUT2D eigenvalue weighted by molar-refractivity contribution is -0.116. The van der Waals surface area contributed by atoms with Crippen LogP contribution >= 0.6 is 23.1 Å². The number of aromatic nitrogens is 2. The molecule has 0 spiro atoms. The van der Waals surface area contributed by atoms with Gasteiger partial charge >= 0.3 is 0 Å². The molecular weight excluding hydrogens is 504 g/mol. The predicted octanol–water partition coefficient (Wildman–Crippen LogP) is 6.00. The molecule has 1 aliphatic rings. The molecule has 0 radical (unpaired) electrons. The molecule has 0 fully saturated rings. The van der Waals surface area contributed by atoms with Crippen LogP contribution in [0.25, 0.3) is 21.3 Å². The number of anilines is 2. The van der Waals surface area contributed by atoms with Gasteiger partial charge in [-0.2, -0.15) is 0 Å². The molecule has 190 valence electrons. The minimum atomic E-state index is -0.435. The first-order chi connectivity index (χ1) is 17.9. The van der Waals surface area contributed by atoms with Crippen molar-refractivity contribution in [3.8, 4) is 11.1 Å². The van der Waals surface area contributed by atoms with Crippen molar-refractivity contribution in [1.29, 1.82) is 0 Å². The van der Waals surface area contributed by atoms with Crippen molar-refractivity contribution in [2.45, 2.75) is 56.4 Å². The first-order valence-corrected chi connectivity index (χ1v) is 14.2. The zero-order valence-corrected chi connectivity index (χ0v) is 22.4. The number of carbonyl (C=O) groups excluding carboxylic acids is 2. The fourth-order valence-electron chi connectivity index (χ4n) is 4.62. The standard InChI is InChI=1S/C28H28N4O3S2/c1-3-23(25(34)30-21-12-10-20(11-13-21)29-16(2)33)37-28-31-26(35)24-22(15-36-27(24)32-28)19-9-8-17-6-4-5-7-18(17)14-19/h8-15,23H,3-7H2,1-2H3,(H,29,33)(H,30,34)(H,31,32,35). The van der Waals surface area contributed by atoms with Gasteiger partial charge in [-0.05, 0) is 73.1 Å². The molecule has 7 nitrogen and oxygen atoms in total. The summed E-state index contributed by atoms with van der Waals surface area (Å²) in [7, 11) is 0. The van der Waals surface area contributed by atoms with Gasteiger partial charge in [-0.1, -0.05) is 36.9 Å². The number of aromatic amines is 1. The van der Waals surface area contributed by atoms with Gasteiger partial charge in [-0.25, -0.2) is 4.98 Å². The molecular formula is C28H28N4O3S2. The fraction of sp³-hybridized carbons (Fsp3) is 0.286. The van der Waals surface area contributed by atoms with Crippen molar-refractivity contribution in [1.82, 2.24) is 9.97 Å². The minimum absolute atomic E-state index is 0.154. The normalized spacial score (nSPS) is 13.7. The highest BCUT2D eigenvalue weighted by Crippen LogP contribution is 2.34. The SMILES string of the molecule is CCC(Sc1nc2scc(-c3ccc4c(c3)CCCC4)c2c(=O)[nH]1)C(=O)Nc1ccc(NC(C)=O)cc1. The minimum Gasteiger partial charge on any atom is -0.326 e. The van der Waals surface area contributed by atoms with Crippen LogP contribution in [-0.4, -0.2) is 27.0 Å². The number of hydrogen-bond acceptors (Lipinski definition) is 6. The molecule has 2 aromatic carbocycles. The molecule has 5 rings (SSSR count). The quantitative estimate of drug-likeness (QED) is 0.200. The zero-order valence-electron chi connectivity index (χ0n) is 20.7. The van der Waals surface area contributed by atoms with Crippen LogP contribution in [0.15, 0.2) is 57.8 Å². The van der Waals surface area contributed by atoms with Crippen LogP contribution in [0.5, 0.6) is 0 Å². The van der Waals surface area contributed by atoms with Crippen LogP contribution in [0.2, 0.25) is 0 Å². The Labute approximate surface area is 223 Å². The van der Waals surface area contributed by atoms with E-state index < -0.39 is 5.25 Å². The molecule has 0 saturated heterocycles. The largest absolute Gasteiger partial charge is 0.326 e. The van der Waals surface area contributed by atoms with Gasteiger partial charge in [0.05, 0.1) is 10.6 Å². The summed E-state index contributed by atoms with van der Waals surface area (Å²) in [6.45, 7) is 3.37. The topological polar surface area (TPSA) is 104 Å². The van der Waals surface area contributed by atoms with E-state index in [2.05, 4.69) is 33.8 Å². The summed E-state index contributed by atoms with van der Waals surface area (Å²) < 4.78 is 0. The molecule has 3 N–H and O–H groups in total. The van der Waals surface area contributed by atoms with Crippen molar-refractivity contribution in [3.05, 3.63) is 69.3 Å². The van der Waals surface area contributed by atoms with Gasteiger partial charge in [0.1, 0.15) is 4.83 Å². The maximum Gasteiger partial charge on any atom is 0.260 e. The van der Waals surface area contributed by atoms with Crippen molar-refractivity contribution in [2.75, 3.05) is 10.6 Å². The first-order valence-electron chi connectivity index (χ1n) is 12.4. The summed E-state index contributed by atoms with van der Waals surface area (Å²) in [4.78, 5) is 45.6. The van der Waals surface area contributed by atoms with Gasteiger partial charge in [-0.15, -0.1) is 11.3 Å². The number of thioether (sulfide) groups is 1. The monoisotopic (exact) mass is 532 g/mol. The highest BCUT2D eigenvalue weighted by Gasteiger charge is 2.21. The molecule has 2 amide bonds. The number of thiophene rings is 1. The summed E-state index contributed by atoms with van der Waals surface area (Å²) >= 11 is 2.70. The molecule has 2 aromatic heterocycles. The number of H-pyrrole nitrogens is 1. The molecule has 9 heteroatoms. The highest BCUT2D eigenvalue weighted by atomic mass is 32.2. The van der Waals surface area contributed by atoms with Gasteiger partial charge in [0.15, 0.2) is 5.16 Å². The number of amides is 2. The molecule has 4 aromatic rings. The highest BCUT2D eigenvalue weighted by molar-refractivity contribution is 8.00. The summed E-state index contributed by atoms with van der Waals surface area (Å²) in [5.41, 5.74) is 5.84. The van der Waals surface area contributed by atoms with Crippen LogP contribution in [0.3, 0.4) is 0 Å². The average Bonchev–Trinajstić information content (AvgIpc) is 3.32. The summed E-state index contributed by atoms with van der Waals surface area (Å²) in [6.07, 6.45) is 5.21. The third kappa shape index (κ3) is 5.62. The molecule has 2 heterocycles. The van der Waals surface area contributed by atoms with Gasteiger partial charge in [0.25, 0.3) is 5.56 Å². The third-order valence-corrected chi connectivity index (χ3v) is 8.59. The molecule has 0 bridgehead atoms. The van der Waals surface area contributed by atoms with Crippen LogP contribution in [-0.2, 0) is 22.4 Å². The number of fused-ring (bicyclic) bond motifs is 2. The smallest absolute Gasteiger partial charge is 0.260 e. The van der Waals surface area contributed by atoms with E-state index in [1.165, 1.54) is 54.0 Å². The van der Waals surface area contributed by atoms with E-state index in [1.807, 2.05) is 12.3 Å². The van der Waals surface area contributed by atoms with Crippen LogP contribution in [0.4, 0.5) is 11.4 Å². The summed E-state index contributed by atoms with van der Waals surface area (Å²) in [5.74, 6) is -0.332. The first kappa shape index (κ1) is 25.2. The number of benzene rings is 2. The summed E-state index contributed by atoms with van der Waals surface area (Å²) in [5, 5.41) is 8.20. The van der Waals surface area contributed by atoms with Gasteiger partial charge in [0, 0.05) is 29.2 Å². The van der Waals surface area contributed by atoms with E-state index >= 15 is 0 Å². The van der Waals surface area contributed by atoms with E-state index in [0.29, 0.717) is 33.2 Å². The van der Waals surface area contributed by atoms with E-state index in [1.54, 1.807) is 24.3 Å². The van der Waals surface area contributed by atoms with Crippen molar-refractivity contribution in [3.63, 3.8) is 0 Å². The molecule has 37 heavy (non-hydrogen) atoms. The number of carbonyl (C=O) groups is 2. The number of hydrogen-bond donors (Lipinski definition) is 3. The average molecular weight is 533 g/mol. The Morgan fingerprint density at radius 2 is 1.76 bits per heavy atom. The van der Waals surface area contributed by atoms with Crippen molar-refractivity contribution < 1.29 is 9.59 Å². The van der Waals surface area contributed by atoms with Gasteiger partial charge < -0.3 is 15.6 Å². The van der Waals surface area contributed by atoms with Crippen molar-refractivity contribution in [2.24, 2.45) is 0 Å². The fourth-order valence-corrected chi connectivity index (χ4v) is 6.52. The zero-order chi connectivity index (χ0) is 25.9. The third-order valence-electron chi connectivity index (χ3n) is 6.47.